The minimum Gasteiger partial charge on any atom is -0.330 e. The maximum absolute atomic E-state index is 12.6. The van der Waals surface area contributed by atoms with E-state index in [1.165, 1.54) is 41.5 Å². The molecule has 132 valence electrons. The van der Waals surface area contributed by atoms with Gasteiger partial charge in [0, 0.05) is 6.16 Å². The third kappa shape index (κ3) is 6.43. The highest BCUT2D eigenvalue weighted by molar-refractivity contribution is 7.62. The van der Waals surface area contributed by atoms with Crippen LogP contribution in [-0.4, -0.2) is 26.0 Å². The summed E-state index contributed by atoms with van der Waals surface area (Å²) in [7, 11) is -2.10. The van der Waals surface area contributed by atoms with Crippen LogP contribution in [0.5, 0.6) is 0 Å². The summed E-state index contributed by atoms with van der Waals surface area (Å²) in [6, 6.07) is 4.51. The van der Waals surface area contributed by atoms with Crippen LogP contribution >= 0.6 is 7.14 Å². The minimum absolute atomic E-state index is 0.318. The first-order valence-electron chi connectivity index (χ1n) is 9.01. The van der Waals surface area contributed by atoms with Crippen LogP contribution < -0.4 is 5.73 Å². The Labute approximate surface area is 143 Å². The van der Waals surface area contributed by atoms with Gasteiger partial charge in [0.15, 0.2) is 0 Å². The lowest BCUT2D eigenvalue weighted by Gasteiger charge is -2.31. The van der Waals surface area contributed by atoms with E-state index in [1.54, 1.807) is 0 Å². The molecule has 0 amide bonds. The number of hydrogen-bond donors (Lipinski definition) is 1. The molecule has 0 radical (unpaired) electrons. The molecule has 2 atom stereocenters. The van der Waals surface area contributed by atoms with Crippen molar-refractivity contribution in [3.63, 3.8) is 0 Å². The topological polar surface area (TPSA) is 43.1 Å². The Kier molecular flexibility index (Phi) is 8.04. The zero-order valence-corrected chi connectivity index (χ0v) is 16.9. The quantitative estimate of drug-likeness (QED) is 0.479. The fraction of sp³-hybridized carbons (Fsp3) is 0.700. The summed E-state index contributed by atoms with van der Waals surface area (Å²) >= 11 is 0. The molecule has 23 heavy (non-hydrogen) atoms. The maximum Gasteiger partial charge on any atom is 0.0825 e. The van der Waals surface area contributed by atoms with Crippen LogP contribution in [0.3, 0.4) is 0 Å². The molecule has 0 heterocycles. The van der Waals surface area contributed by atoms with Crippen molar-refractivity contribution in [1.29, 1.82) is 0 Å². The first-order valence-corrected chi connectivity index (χ1v) is 11.8. The van der Waals surface area contributed by atoms with E-state index in [4.69, 9.17) is 5.73 Å². The Balaban J connectivity index is 3.21. The molecule has 0 saturated carbocycles. The molecule has 1 aromatic carbocycles. The number of rotatable bonds is 9. The first-order chi connectivity index (χ1) is 10.7. The average Bonchev–Trinajstić information content (AvgIpc) is 2.40. The molecule has 0 aromatic heterocycles. The molecule has 1 aromatic rings. The van der Waals surface area contributed by atoms with Crippen molar-refractivity contribution < 1.29 is 4.57 Å². The van der Waals surface area contributed by atoms with Gasteiger partial charge in [0.25, 0.3) is 0 Å². The highest BCUT2D eigenvalue weighted by Gasteiger charge is 2.28. The van der Waals surface area contributed by atoms with Crippen molar-refractivity contribution in [3.05, 3.63) is 34.4 Å². The van der Waals surface area contributed by atoms with E-state index < -0.39 is 7.14 Å². The molecule has 2 N–H and O–H groups in total. The summed E-state index contributed by atoms with van der Waals surface area (Å²) in [5.41, 5.74) is 11.5. The molecule has 1 rings (SSSR count). The van der Waals surface area contributed by atoms with Crippen LogP contribution in [0.2, 0.25) is 0 Å². The average molecular weight is 337 g/mol. The molecule has 0 aliphatic carbocycles. The number of unbranched alkanes of at least 4 members (excludes halogenated alkanes) is 2. The summed E-state index contributed by atoms with van der Waals surface area (Å²) < 4.78 is 12.6. The van der Waals surface area contributed by atoms with E-state index in [0.717, 1.165) is 12.6 Å². The van der Waals surface area contributed by atoms with Gasteiger partial charge in [-0.15, -0.1) is 0 Å². The Bertz CT molecular complexity index is 524. The summed E-state index contributed by atoms with van der Waals surface area (Å²) in [4.78, 5) is 0. The second-order valence-corrected chi connectivity index (χ2v) is 11.2. The predicted molar refractivity (Wildman–Crippen MR) is 104 cm³/mol. The van der Waals surface area contributed by atoms with Gasteiger partial charge in [0.05, 0.1) is 7.14 Å². The molecule has 0 spiro atoms. The second kappa shape index (κ2) is 9.04. The summed E-state index contributed by atoms with van der Waals surface area (Å²) in [5, 5.41) is 0. The third-order valence-electron chi connectivity index (χ3n) is 4.80. The van der Waals surface area contributed by atoms with Gasteiger partial charge in [-0.3, -0.25) is 0 Å². The van der Waals surface area contributed by atoms with Gasteiger partial charge in [-0.1, -0.05) is 43.9 Å². The largest absolute Gasteiger partial charge is 0.330 e. The molecule has 0 fully saturated rings. The van der Waals surface area contributed by atoms with Gasteiger partial charge in [0.1, 0.15) is 0 Å². The molecule has 0 bridgehead atoms. The van der Waals surface area contributed by atoms with Crippen LogP contribution in [0.25, 0.3) is 0 Å². The Morgan fingerprint density at radius 1 is 1.09 bits per heavy atom. The van der Waals surface area contributed by atoms with Crippen molar-refractivity contribution in [2.24, 2.45) is 11.7 Å². The van der Waals surface area contributed by atoms with E-state index in [0.29, 0.717) is 18.4 Å². The van der Waals surface area contributed by atoms with Crippen molar-refractivity contribution >= 4 is 7.14 Å². The smallest absolute Gasteiger partial charge is 0.0825 e. The molecular formula is C20H36NOP. The summed E-state index contributed by atoms with van der Waals surface area (Å²) in [5.74, 6) is 0.744. The van der Waals surface area contributed by atoms with Gasteiger partial charge in [-0.05, 0) is 75.6 Å². The molecule has 0 saturated heterocycles. The highest BCUT2D eigenvalue weighted by atomic mass is 31.2. The zero-order valence-electron chi connectivity index (χ0n) is 16.0. The molecule has 2 unspecified atom stereocenters. The van der Waals surface area contributed by atoms with Crippen molar-refractivity contribution in [1.82, 2.24) is 0 Å². The molecular weight excluding hydrogens is 301 g/mol. The first kappa shape index (κ1) is 20.5. The highest BCUT2D eigenvalue weighted by Crippen LogP contribution is 2.46. The number of benzene rings is 1. The van der Waals surface area contributed by atoms with Crippen molar-refractivity contribution in [2.45, 2.75) is 59.3 Å². The normalized spacial score (nSPS) is 14.7. The van der Waals surface area contributed by atoms with Crippen LogP contribution in [0, 0.1) is 26.7 Å². The van der Waals surface area contributed by atoms with Gasteiger partial charge >= 0.3 is 0 Å². The molecule has 2 nitrogen and oxygen atoms in total. The SMILES string of the molecule is CCCCCC(CN)C(CP(C)(C)=O)c1c(C)cc(C)cc1C. The lowest BCUT2D eigenvalue weighted by molar-refractivity contribution is 0.404. The lowest BCUT2D eigenvalue weighted by Crippen LogP contribution is -2.26. The molecule has 3 heteroatoms. The van der Waals surface area contributed by atoms with Crippen LogP contribution in [0.15, 0.2) is 12.1 Å². The molecule has 0 aliphatic heterocycles. The summed E-state index contributed by atoms with van der Waals surface area (Å²) in [6.07, 6.45) is 5.61. The van der Waals surface area contributed by atoms with E-state index in [1.807, 2.05) is 13.3 Å². The van der Waals surface area contributed by atoms with Gasteiger partial charge in [-0.25, -0.2) is 0 Å². The van der Waals surface area contributed by atoms with Crippen molar-refractivity contribution in [2.75, 3.05) is 26.0 Å². The summed E-state index contributed by atoms with van der Waals surface area (Å²) in [6.45, 7) is 13.3. The van der Waals surface area contributed by atoms with Crippen molar-refractivity contribution in [3.8, 4) is 0 Å². The minimum atomic E-state index is -2.10. The number of hydrogen-bond acceptors (Lipinski definition) is 2. The van der Waals surface area contributed by atoms with E-state index in [9.17, 15) is 4.57 Å². The molecule has 0 aliphatic rings. The standard InChI is InChI=1S/C20H36NOP/c1-7-8-9-10-18(13-21)19(14-23(5,6)22)20-16(3)11-15(2)12-17(20)4/h11-12,18-19H,7-10,13-14,21H2,1-6H3. The second-order valence-electron chi connectivity index (χ2n) is 7.67. The number of nitrogens with two attached hydrogens (primary N) is 1. The Morgan fingerprint density at radius 3 is 2.09 bits per heavy atom. The van der Waals surface area contributed by atoms with E-state index in [2.05, 4.69) is 39.8 Å². The van der Waals surface area contributed by atoms with E-state index >= 15 is 0 Å². The monoisotopic (exact) mass is 337 g/mol. The van der Waals surface area contributed by atoms with Crippen LogP contribution in [0.4, 0.5) is 0 Å². The van der Waals surface area contributed by atoms with Crippen LogP contribution in [0.1, 0.15) is 60.8 Å². The van der Waals surface area contributed by atoms with Gasteiger partial charge in [-0.2, -0.15) is 0 Å². The number of aryl methyl sites for hydroxylation is 3. The van der Waals surface area contributed by atoms with E-state index in [-0.39, 0.29) is 0 Å². The Morgan fingerprint density at radius 2 is 1.65 bits per heavy atom. The van der Waals surface area contributed by atoms with Crippen LogP contribution in [-0.2, 0) is 4.57 Å². The lowest BCUT2D eigenvalue weighted by atomic mass is 9.80. The zero-order chi connectivity index (χ0) is 17.6. The van der Waals surface area contributed by atoms with Gasteiger partial charge in [0.2, 0.25) is 0 Å². The van der Waals surface area contributed by atoms with Gasteiger partial charge < -0.3 is 10.3 Å². The third-order valence-corrected chi connectivity index (χ3v) is 6.07. The fourth-order valence-electron chi connectivity index (χ4n) is 3.87. The maximum atomic E-state index is 12.6. The fourth-order valence-corrected chi connectivity index (χ4v) is 5.29. The Hall–Kier alpha value is -0.590. The predicted octanol–water partition coefficient (Wildman–Crippen LogP) is 5.47.